The van der Waals surface area contributed by atoms with Crippen LogP contribution in [0.15, 0.2) is 6.33 Å². The minimum Gasteiger partial charge on any atom is -0.369 e. The molecule has 1 amide bonds. The highest BCUT2D eigenvalue weighted by Gasteiger charge is 2.13. The molecule has 2 aromatic heterocycles. The number of nitrogens with zero attached hydrogens (tertiary/aromatic N) is 5. The minimum atomic E-state index is 0.125. The Labute approximate surface area is 128 Å². The van der Waals surface area contributed by atoms with Crippen molar-refractivity contribution in [1.82, 2.24) is 24.5 Å². The van der Waals surface area contributed by atoms with Gasteiger partial charge in [0, 0.05) is 31.6 Å². The molecule has 1 N–H and O–H groups in total. The van der Waals surface area contributed by atoms with Crippen molar-refractivity contribution < 1.29 is 4.79 Å². The normalized spacial score (nSPS) is 10.9. The molecule has 2 aromatic rings. The third-order valence-electron chi connectivity index (χ3n) is 3.35. The van der Waals surface area contributed by atoms with Crippen LogP contribution in [0, 0.1) is 6.92 Å². The van der Waals surface area contributed by atoms with Gasteiger partial charge in [0.05, 0.1) is 0 Å². The van der Waals surface area contributed by atoms with Crippen LogP contribution in [0.5, 0.6) is 0 Å². The Hall–Kier alpha value is -1.89. The summed E-state index contributed by atoms with van der Waals surface area (Å²) in [5, 5.41) is 7.70. The molecule has 0 unspecified atom stereocenters. The largest absolute Gasteiger partial charge is 0.369 e. The molecule has 0 aromatic carbocycles. The van der Waals surface area contributed by atoms with E-state index in [4.69, 9.17) is 11.6 Å². The molecule has 0 saturated carbocycles. The van der Waals surface area contributed by atoms with E-state index < -0.39 is 0 Å². The Kier molecular flexibility index (Phi) is 4.95. The number of rotatable bonds is 6. The highest BCUT2D eigenvalue weighted by Crippen LogP contribution is 2.21. The molecule has 0 fully saturated rings. The predicted molar refractivity (Wildman–Crippen MR) is 81.6 cm³/mol. The van der Waals surface area contributed by atoms with Crippen LogP contribution in [0.25, 0.3) is 5.78 Å². The predicted octanol–water partition coefficient (Wildman–Crippen LogP) is 1.76. The SMILES string of the molecule is CCN(CC)C(=O)CCNc1c(C)c(Cl)nc2ncnn12. The lowest BCUT2D eigenvalue weighted by atomic mass is 10.3. The van der Waals surface area contributed by atoms with E-state index in [2.05, 4.69) is 20.4 Å². The quantitative estimate of drug-likeness (QED) is 0.823. The average molecular weight is 311 g/mol. The second kappa shape index (κ2) is 6.71. The Morgan fingerprint density at radius 2 is 2.14 bits per heavy atom. The fraction of sp³-hybridized carbons (Fsp3) is 0.538. The van der Waals surface area contributed by atoms with E-state index in [0.29, 0.717) is 23.9 Å². The van der Waals surface area contributed by atoms with Crippen LogP contribution >= 0.6 is 11.6 Å². The first-order valence-electron chi connectivity index (χ1n) is 6.95. The standard InChI is InChI=1S/C13H19ClN6O/c1-4-19(5-2)10(21)6-7-15-12-9(3)11(14)18-13-16-8-17-20(12)13/h8,15H,4-7H2,1-3H3. The lowest BCUT2D eigenvalue weighted by molar-refractivity contribution is -0.130. The molecule has 114 valence electrons. The van der Waals surface area contributed by atoms with Gasteiger partial charge < -0.3 is 10.2 Å². The van der Waals surface area contributed by atoms with E-state index in [0.717, 1.165) is 24.5 Å². The number of amides is 1. The van der Waals surface area contributed by atoms with Gasteiger partial charge in [-0.2, -0.15) is 19.6 Å². The van der Waals surface area contributed by atoms with Gasteiger partial charge in [0.15, 0.2) is 0 Å². The number of anilines is 1. The molecule has 0 aliphatic carbocycles. The fourth-order valence-corrected chi connectivity index (χ4v) is 2.29. The summed E-state index contributed by atoms with van der Waals surface area (Å²) in [6.45, 7) is 7.75. The Morgan fingerprint density at radius 1 is 1.43 bits per heavy atom. The van der Waals surface area contributed by atoms with Gasteiger partial charge in [0.1, 0.15) is 17.3 Å². The summed E-state index contributed by atoms with van der Waals surface area (Å²) in [6.07, 6.45) is 1.83. The molecule has 7 nitrogen and oxygen atoms in total. The van der Waals surface area contributed by atoms with Crippen molar-refractivity contribution in [1.29, 1.82) is 0 Å². The van der Waals surface area contributed by atoms with Gasteiger partial charge in [-0.25, -0.2) is 0 Å². The van der Waals surface area contributed by atoms with Crippen molar-refractivity contribution >= 4 is 29.1 Å². The van der Waals surface area contributed by atoms with Crippen LogP contribution in [0.4, 0.5) is 5.82 Å². The second-order valence-electron chi connectivity index (χ2n) is 4.59. The molecule has 21 heavy (non-hydrogen) atoms. The van der Waals surface area contributed by atoms with Crippen LogP contribution in [0.3, 0.4) is 0 Å². The van der Waals surface area contributed by atoms with Gasteiger partial charge >= 0.3 is 0 Å². The molecular weight excluding hydrogens is 292 g/mol. The molecule has 0 aliphatic heterocycles. The first-order chi connectivity index (χ1) is 10.1. The van der Waals surface area contributed by atoms with Crippen molar-refractivity contribution in [2.75, 3.05) is 25.0 Å². The van der Waals surface area contributed by atoms with Gasteiger partial charge in [0.2, 0.25) is 5.91 Å². The summed E-state index contributed by atoms with van der Waals surface area (Å²) in [4.78, 5) is 21.9. The Morgan fingerprint density at radius 3 is 2.81 bits per heavy atom. The third-order valence-corrected chi connectivity index (χ3v) is 3.72. The summed E-state index contributed by atoms with van der Waals surface area (Å²) < 4.78 is 1.59. The van der Waals surface area contributed by atoms with Gasteiger partial charge in [-0.3, -0.25) is 4.79 Å². The number of nitrogens with one attached hydrogen (secondary N) is 1. The van der Waals surface area contributed by atoms with E-state index in [-0.39, 0.29) is 5.91 Å². The van der Waals surface area contributed by atoms with Crippen molar-refractivity contribution in [2.24, 2.45) is 0 Å². The molecule has 2 heterocycles. The van der Waals surface area contributed by atoms with Crippen LogP contribution in [-0.4, -0.2) is 50.0 Å². The smallest absolute Gasteiger partial charge is 0.255 e. The summed E-state index contributed by atoms with van der Waals surface area (Å²) >= 11 is 6.08. The number of carbonyl (C=O) groups is 1. The first kappa shape index (κ1) is 15.5. The zero-order chi connectivity index (χ0) is 15.4. The molecule has 2 rings (SSSR count). The highest BCUT2D eigenvalue weighted by atomic mass is 35.5. The van der Waals surface area contributed by atoms with Crippen LogP contribution < -0.4 is 5.32 Å². The van der Waals surface area contributed by atoms with Gasteiger partial charge in [0.25, 0.3) is 5.78 Å². The van der Waals surface area contributed by atoms with Gasteiger partial charge in [-0.15, -0.1) is 0 Å². The maximum absolute atomic E-state index is 12.0. The number of aromatic nitrogens is 4. The highest BCUT2D eigenvalue weighted by molar-refractivity contribution is 6.30. The molecule has 0 saturated heterocycles. The van der Waals surface area contributed by atoms with Crippen LogP contribution in [-0.2, 0) is 4.79 Å². The van der Waals surface area contributed by atoms with E-state index in [1.54, 1.807) is 9.42 Å². The summed E-state index contributed by atoms with van der Waals surface area (Å²) in [7, 11) is 0. The number of halogens is 1. The van der Waals surface area contributed by atoms with Crippen LogP contribution in [0.2, 0.25) is 5.15 Å². The maximum atomic E-state index is 12.0. The van der Waals surface area contributed by atoms with Crippen LogP contribution in [0.1, 0.15) is 25.8 Å². The zero-order valence-corrected chi connectivity index (χ0v) is 13.2. The van der Waals surface area contributed by atoms with E-state index in [1.165, 1.54) is 6.33 Å². The zero-order valence-electron chi connectivity index (χ0n) is 12.4. The lowest BCUT2D eigenvalue weighted by Gasteiger charge is -2.19. The third kappa shape index (κ3) is 3.24. The molecule has 8 heteroatoms. The molecule has 0 bridgehead atoms. The average Bonchev–Trinajstić information content (AvgIpc) is 2.92. The van der Waals surface area contributed by atoms with Crippen molar-refractivity contribution in [3.63, 3.8) is 0 Å². The molecule has 0 aliphatic rings. The maximum Gasteiger partial charge on any atom is 0.255 e. The molecule has 0 spiro atoms. The van der Waals surface area contributed by atoms with E-state index in [1.807, 2.05) is 20.8 Å². The van der Waals surface area contributed by atoms with Crippen molar-refractivity contribution in [2.45, 2.75) is 27.2 Å². The summed E-state index contributed by atoms with van der Waals surface area (Å²) in [5.41, 5.74) is 0.782. The van der Waals surface area contributed by atoms with E-state index in [9.17, 15) is 4.79 Å². The summed E-state index contributed by atoms with van der Waals surface area (Å²) in [5.74, 6) is 1.28. The first-order valence-corrected chi connectivity index (χ1v) is 7.33. The number of carbonyl (C=O) groups excluding carboxylic acids is 1. The lowest BCUT2D eigenvalue weighted by Crippen LogP contribution is -2.31. The summed E-state index contributed by atoms with van der Waals surface area (Å²) in [6, 6.07) is 0. The van der Waals surface area contributed by atoms with Crippen molar-refractivity contribution in [3.05, 3.63) is 17.0 Å². The monoisotopic (exact) mass is 310 g/mol. The minimum absolute atomic E-state index is 0.125. The number of fused-ring (bicyclic) bond motifs is 1. The Bertz CT molecular complexity index is 637. The second-order valence-corrected chi connectivity index (χ2v) is 4.95. The molecule has 0 atom stereocenters. The Balaban J connectivity index is 2.08. The van der Waals surface area contributed by atoms with Crippen molar-refractivity contribution in [3.8, 4) is 0 Å². The van der Waals surface area contributed by atoms with Gasteiger partial charge in [-0.05, 0) is 20.8 Å². The number of hydrogen-bond acceptors (Lipinski definition) is 5. The van der Waals surface area contributed by atoms with Gasteiger partial charge in [-0.1, -0.05) is 11.6 Å². The molecule has 0 radical (unpaired) electrons. The number of hydrogen-bond donors (Lipinski definition) is 1. The fourth-order valence-electron chi connectivity index (χ4n) is 2.13. The van der Waals surface area contributed by atoms with E-state index >= 15 is 0 Å². The molecular formula is C13H19ClN6O. The topological polar surface area (TPSA) is 75.4 Å².